The van der Waals surface area contributed by atoms with Crippen LogP contribution in [0, 0.1) is 6.92 Å². The number of rotatable bonds is 7. The Morgan fingerprint density at radius 3 is 2.32 bits per heavy atom. The van der Waals surface area contributed by atoms with Crippen LogP contribution in [-0.2, 0) is 18.6 Å². The molecule has 0 saturated carbocycles. The van der Waals surface area contributed by atoms with E-state index in [1.165, 1.54) is 0 Å². The van der Waals surface area contributed by atoms with E-state index in [0.717, 1.165) is 12.0 Å². The summed E-state index contributed by atoms with van der Waals surface area (Å²) in [7, 11) is 0. The van der Waals surface area contributed by atoms with Crippen LogP contribution in [0.1, 0.15) is 55.1 Å². The minimum absolute atomic E-state index is 0.286. The SMILES string of the molecule is CCCC(Br)(C(=O)OCC)c1ccc(C)cc1C(=O)OCC. The first kappa shape index (κ1) is 18.7. The van der Waals surface area contributed by atoms with Crippen molar-refractivity contribution in [3.63, 3.8) is 0 Å². The predicted octanol–water partition coefficient (Wildman–Crippen LogP) is 4.13. The normalized spacial score (nSPS) is 13.3. The Morgan fingerprint density at radius 1 is 1.14 bits per heavy atom. The van der Waals surface area contributed by atoms with E-state index in [4.69, 9.17) is 9.47 Å². The molecule has 122 valence electrons. The van der Waals surface area contributed by atoms with Gasteiger partial charge < -0.3 is 9.47 Å². The fraction of sp³-hybridized carbons (Fsp3) is 0.529. The average Bonchev–Trinajstić information content (AvgIpc) is 2.47. The van der Waals surface area contributed by atoms with Crippen molar-refractivity contribution in [2.75, 3.05) is 13.2 Å². The molecule has 0 amide bonds. The molecule has 1 atom stereocenters. The molecule has 5 heteroatoms. The Hall–Kier alpha value is -1.36. The van der Waals surface area contributed by atoms with Crippen molar-refractivity contribution in [1.29, 1.82) is 0 Å². The zero-order chi connectivity index (χ0) is 16.8. The number of alkyl halides is 1. The van der Waals surface area contributed by atoms with Gasteiger partial charge in [0.15, 0.2) is 0 Å². The first-order chi connectivity index (χ1) is 10.4. The molecule has 0 aliphatic heterocycles. The highest BCUT2D eigenvalue weighted by Gasteiger charge is 2.41. The molecular weight excluding hydrogens is 348 g/mol. The molecule has 1 rings (SSSR count). The van der Waals surface area contributed by atoms with Crippen LogP contribution in [0.5, 0.6) is 0 Å². The van der Waals surface area contributed by atoms with E-state index in [9.17, 15) is 9.59 Å². The molecule has 1 unspecified atom stereocenters. The number of carbonyl (C=O) groups excluding carboxylic acids is 2. The van der Waals surface area contributed by atoms with Crippen LogP contribution in [0.4, 0.5) is 0 Å². The highest BCUT2D eigenvalue weighted by Crippen LogP contribution is 2.40. The summed E-state index contributed by atoms with van der Waals surface area (Å²) in [5.74, 6) is -0.809. The molecule has 0 bridgehead atoms. The van der Waals surface area contributed by atoms with Crippen LogP contribution in [0.15, 0.2) is 18.2 Å². The van der Waals surface area contributed by atoms with Crippen molar-refractivity contribution < 1.29 is 19.1 Å². The maximum Gasteiger partial charge on any atom is 0.338 e. The largest absolute Gasteiger partial charge is 0.465 e. The van der Waals surface area contributed by atoms with Gasteiger partial charge in [-0.25, -0.2) is 4.79 Å². The highest BCUT2D eigenvalue weighted by atomic mass is 79.9. The Kier molecular flexibility index (Phi) is 7.07. The number of halogens is 1. The van der Waals surface area contributed by atoms with Gasteiger partial charge in [-0.1, -0.05) is 47.0 Å². The Balaban J connectivity index is 3.41. The van der Waals surface area contributed by atoms with E-state index >= 15 is 0 Å². The second-order valence-electron chi connectivity index (χ2n) is 5.04. The summed E-state index contributed by atoms with van der Waals surface area (Å²) in [6.07, 6.45) is 1.29. The molecule has 1 aromatic carbocycles. The van der Waals surface area contributed by atoms with Crippen molar-refractivity contribution in [3.05, 3.63) is 34.9 Å². The van der Waals surface area contributed by atoms with Gasteiger partial charge in [0.05, 0.1) is 18.8 Å². The fourth-order valence-corrected chi connectivity index (χ4v) is 3.17. The fourth-order valence-electron chi connectivity index (χ4n) is 2.32. The van der Waals surface area contributed by atoms with Crippen LogP contribution < -0.4 is 0 Å². The molecule has 4 nitrogen and oxygen atoms in total. The molecule has 0 spiro atoms. The number of benzene rings is 1. The summed E-state index contributed by atoms with van der Waals surface area (Å²) in [6, 6.07) is 5.42. The van der Waals surface area contributed by atoms with Crippen LogP contribution in [0.2, 0.25) is 0 Å². The standard InChI is InChI=1S/C17H23BrO4/c1-5-10-17(18,16(20)22-7-3)14-9-8-12(4)11-13(14)15(19)21-6-2/h8-9,11H,5-7,10H2,1-4H3. The topological polar surface area (TPSA) is 52.6 Å². The third-order valence-electron chi connectivity index (χ3n) is 3.29. The van der Waals surface area contributed by atoms with Gasteiger partial charge in [0.1, 0.15) is 4.32 Å². The lowest BCUT2D eigenvalue weighted by atomic mass is 9.89. The summed E-state index contributed by atoms with van der Waals surface area (Å²) in [4.78, 5) is 24.7. The number of esters is 2. The average molecular weight is 371 g/mol. The zero-order valence-corrected chi connectivity index (χ0v) is 15.2. The van der Waals surface area contributed by atoms with Crippen LogP contribution in [0.3, 0.4) is 0 Å². The first-order valence-electron chi connectivity index (χ1n) is 7.55. The lowest BCUT2D eigenvalue weighted by molar-refractivity contribution is -0.146. The van der Waals surface area contributed by atoms with Crippen molar-refractivity contribution in [2.45, 2.75) is 44.9 Å². The zero-order valence-electron chi connectivity index (χ0n) is 13.6. The van der Waals surface area contributed by atoms with Gasteiger partial charge in [0, 0.05) is 0 Å². The van der Waals surface area contributed by atoms with E-state index in [1.54, 1.807) is 26.0 Å². The van der Waals surface area contributed by atoms with Crippen molar-refractivity contribution in [3.8, 4) is 0 Å². The summed E-state index contributed by atoms with van der Waals surface area (Å²) < 4.78 is 9.29. The molecule has 0 aliphatic carbocycles. The van der Waals surface area contributed by atoms with Crippen LogP contribution in [0.25, 0.3) is 0 Å². The van der Waals surface area contributed by atoms with E-state index in [1.807, 2.05) is 19.9 Å². The number of ether oxygens (including phenoxy) is 2. The molecule has 0 aromatic heterocycles. The van der Waals surface area contributed by atoms with E-state index in [2.05, 4.69) is 15.9 Å². The van der Waals surface area contributed by atoms with E-state index < -0.39 is 10.3 Å². The van der Waals surface area contributed by atoms with Crippen molar-refractivity contribution in [2.24, 2.45) is 0 Å². The molecule has 0 aliphatic rings. The van der Waals surface area contributed by atoms with Gasteiger partial charge >= 0.3 is 11.9 Å². The van der Waals surface area contributed by atoms with E-state index in [-0.39, 0.29) is 19.2 Å². The maximum atomic E-state index is 12.5. The third kappa shape index (κ3) is 4.09. The van der Waals surface area contributed by atoms with Gasteiger partial charge in [-0.15, -0.1) is 0 Å². The Morgan fingerprint density at radius 2 is 1.77 bits per heavy atom. The molecule has 0 N–H and O–H groups in total. The molecule has 0 fully saturated rings. The molecule has 0 radical (unpaired) electrons. The maximum absolute atomic E-state index is 12.5. The number of aryl methyl sites for hydroxylation is 1. The minimum atomic E-state index is -1.03. The molecule has 1 aromatic rings. The van der Waals surface area contributed by atoms with Gasteiger partial charge in [-0.2, -0.15) is 0 Å². The third-order valence-corrected chi connectivity index (χ3v) is 4.44. The lowest BCUT2D eigenvalue weighted by Crippen LogP contribution is -2.33. The first-order valence-corrected chi connectivity index (χ1v) is 8.34. The highest BCUT2D eigenvalue weighted by molar-refractivity contribution is 9.10. The lowest BCUT2D eigenvalue weighted by Gasteiger charge is -2.27. The van der Waals surface area contributed by atoms with Gasteiger partial charge in [-0.3, -0.25) is 4.79 Å². The van der Waals surface area contributed by atoms with Gasteiger partial charge in [0.2, 0.25) is 0 Å². The number of hydrogen-bond donors (Lipinski definition) is 0. The van der Waals surface area contributed by atoms with Gasteiger partial charge in [0.25, 0.3) is 0 Å². The summed E-state index contributed by atoms with van der Waals surface area (Å²) >= 11 is 3.53. The van der Waals surface area contributed by atoms with Gasteiger partial charge in [-0.05, 0) is 38.8 Å². The second-order valence-corrected chi connectivity index (χ2v) is 6.39. The van der Waals surface area contributed by atoms with Crippen molar-refractivity contribution >= 4 is 27.9 Å². The quantitative estimate of drug-likeness (QED) is 0.534. The molecule has 22 heavy (non-hydrogen) atoms. The minimum Gasteiger partial charge on any atom is -0.465 e. The van der Waals surface area contributed by atoms with Crippen LogP contribution >= 0.6 is 15.9 Å². The number of carbonyl (C=O) groups is 2. The molecule has 0 heterocycles. The Labute approximate surface area is 140 Å². The Bertz CT molecular complexity index is 541. The predicted molar refractivity (Wildman–Crippen MR) is 89.3 cm³/mol. The smallest absolute Gasteiger partial charge is 0.338 e. The summed E-state index contributed by atoms with van der Waals surface area (Å²) in [5.41, 5.74) is 1.93. The van der Waals surface area contributed by atoms with Crippen LogP contribution in [-0.4, -0.2) is 25.2 Å². The van der Waals surface area contributed by atoms with E-state index in [0.29, 0.717) is 17.5 Å². The number of hydrogen-bond acceptors (Lipinski definition) is 4. The molecule has 0 saturated heterocycles. The molecular formula is C17H23BrO4. The second kappa shape index (κ2) is 8.32. The van der Waals surface area contributed by atoms with Crippen molar-refractivity contribution in [1.82, 2.24) is 0 Å². The monoisotopic (exact) mass is 370 g/mol. The summed E-state index contributed by atoms with van der Waals surface area (Å²) in [6.45, 7) is 7.97. The summed E-state index contributed by atoms with van der Waals surface area (Å²) in [5, 5.41) is 0.